The Kier molecular flexibility index (Phi) is 3.72. The van der Waals surface area contributed by atoms with Gasteiger partial charge in [0.2, 0.25) is 0 Å². The Labute approximate surface area is 138 Å². The molecule has 3 heterocycles. The Hall–Kier alpha value is -2.76. The number of carbonyl (C=O) groups is 1. The molecule has 1 aromatic carbocycles. The summed E-state index contributed by atoms with van der Waals surface area (Å²) in [7, 11) is 0. The Morgan fingerprint density at radius 2 is 2.12 bits per heavy atom. The van der Waals surface area contributed by atoms with E-state index in [9.17, 15) is 9.18 Å². The number of imidazole rings is 1. The molecule has 24 heavy (non-hydrogen) atoms. The monoisotopic (exact) mass is 324 g/mol. The lowest BCUT2D eigenvalue weighted by Gasteiger charge is -2.33. The number of amides is 1. The van der Waals surface area contributed by atoms with Crippen molar-refractivity contribution >= 4 is 16.9 Å². The van der Waals surface area contributed by atoms with Gasteiger partial charge in [-0.25, -0.2) is 9.37 Å². The highest BCUT2D eigenvalue weighted by molar-refractivity contribution is 5.92. The van der Waals surface area contributed by atoms with Crippen molar-refractivity contribution < 1.29 is 9.18 Å². The lowest BCUT2D eigenvalue weighted by Crippen LogP contribution is -2.40. The highest BCUT2D eigenvalue weighted by Gasteiger charge is 2.26. The third-order valence-corrected chi connectivity index (χ3v) is 4.50. The minimum Gasteiger partial charge on any atom is -0.335 e. The van der Waals surface area contributed by atoms with Crippen molar-refractivity contribution in [1.29, 1.82) is 0 Å². The van der Waals surface area contributed by atoms with Crippen LogP contribution >= 0.6 is 0 Å². The van der Waals surface area contributed by atoms with Crippen molar-refractivity contribution in [2.24, 2.45) is 0 Å². The van der Waals surface area contributed by atoms with Crippen molar-refractivity contribution in [3.05, 3.63) is 60.4 Å². The zero-order chi connectivity index (χ0) is 16.5. The number of pyridine rings is 1. The molecule has 0 spiro atoms. The van der Waals surface area contributed by atoms with Gasteiger partial charge in [0, 0.05) is 25.4 Å². The SMILES string of the molecule is O=C(c1ccccn1)N1CCC[C@@H](n2cnc3cc(F)ccc32)C1. The molecular formula is C18H17FN4O. The van der Waals surface area contributed by atoms with Crippen LogP contribution < -0.4 is 0 Å². The average molecular weight is 324 g/mol. The van der Waals surface area contributed by atoms with Crippen molar-refractivity contribution in [3.63, 3.8) is 0 Å². The van der Waals surface area contributed by atoms with Gasteiger partial charge in [0.05, 0.1) is 23.4 Å². The van der Waals surface area contributed by atoms with Crippen LogP contribution in [-0.2, 0) is 0 Å². The maximum atomic E-state index is 13.3. The van der Waals surface area contributed by atoms with Crippen LogP contribution in [0.25, 0.3) is 11.0 Å². The number of benzene rings is 1. The molecule has 1 aliphatic rings. The smallest absolute Gasteiger partial charge is 0.272 e. The summed E-state index contributed by atoms with van der Waals surface area (Å²) < 4.78 is 15.4. The highest BCUT2D eigenvalue weighted by atomic mass is 19.1. The number of aromatic nitrogens is 3. The summed E-state index contributed by atoms with van der Waals surface area (Å²) in [6.07, 6.45) is 5.26. The van der Waals surface area contributed by atoms with Crippen LogP contribution in [0, 0.1) is 5.82 Å². The number of nitrogens with zero attached hydrogens (tertiary/aromatic N) is 4. The first kappa shape index (κ1) is 14.8. The second-order valence-corrected chi connectivity index (χ2v) is 6.05. The Morgan fingerprint density at radius 3 is 2.96 bits per heavy atom. The molecule has 1 fully saturated rings. The summed E-state index contributed by atoms with van der Waals surface area (Å²) in [5.41, 5.74) is 2.01. The third kappa shape index (κ3) is 2.64. The summed E-state index contributed by atoms with van der Waals surface area (Å²) in [4.78, 5) is 22.9. The van der Waals surface area contributed by atoms with Crippen LogP contribution in [0.5, 0.6) is 0 Å². The maximum Gasteiger partial charge on any atom is 0.272 e. The molecule has 5 nitrogen and oxygen atoms in total. The van der Waals surface area contributed by atoms with E-state index in [1.165, 1.54) is 12.1 Å². The molecule has 122 valence electrons. The summed E-state index contributed by atoms with van der Waals surface area (Å²) in [6, 6.07) is 10.1. The number of likely N-dealkylation sites (tertiary alicyclic amines) is 1. The van der Waals surface area contributed by atoms with E-state index >= 15 is 0 Å². The first-order valence-corrected chi connectivity index (χ1v) is 8.05. The molecule has 1 aliphatic heterocycles. The Morgan fingerprint density at radius 1 is 1.21 bits per heavy atom. The van der Waals surface area contributed by atoms with E-state index in [4.69, 9.17) is 0 Å². The van der Waals surface area contributed by atoms with Crippen LogP contribution in [0.1, 0.15) is 29.4 Å². The second-order valence-electron chi connectivity index (χ2n) is 6.05. The first-order chi connectivity index (χ1) is 11.7. The minimum absolute atomic E-state index is 0.0456. The predicted molar refractivity (Wildman–Crippen MR) is 88.1 cm³/mol. The van der Waals surface area contributed by atoms with Crippen LogP contribution in [0.2, 0.25) is 0 Å². The van der Waals surface area contributed by atoms with E-state index in [1.807, 2.05) is 15.5 Å². The van der Waals surface area contributed by atoms with E-state index in [0.29, 0.717) is 17.8 Å². The number of hydrogen-bond donors (Lipinski definition) is 0. The van der Waals surface area contributed by atoms with Crippen molar-refractivity contribution in [2.75, 3.05) is 13.1 Å². The van der Waals surface area contributed by atoms with Crippen molar-refractivity contribution in [3.8, 4) is 0 Å². The largest absolute Gasteiger partial charge is 0.335 e. The molecule has 0 radical (unpaired) electrons. The van der Waals surface area contributed by atoms with E-state index in [0.717, 1.165) is 24.9 Å². The molecule has 6 heteroatoms. The summed E-state index contributed by atoms with van der Waals surface area (Å²) in [5.74, 6) is -0.334. The molecule has 3 aromatic rings. The average Bonchev–Trinajstić information content (AvgIpc) is 3.05. The molecule has 0 N–H and O–H groups in total. The van der Waals surface area contributed by atoms with Gasteiger partial charge in [0.1, 0.15) is 11.5 Å². The van der Waals surface area contributed by atoms with Gasteiger partial charge in [0.25, 0.3) is 5.91 Å². The molecule has 0 aliphatic carbocycles. The van der Waals surface area contributed by atoms with Gasteiger partial charge < -0.3 is 9.47 Å². The van der Waals surface area contributed by atoms with E-state index in [-0.39, 0.29) is 17.8 Å². The number of fused-ring (bicyclic) bond motifs is 1. The van der Waals surface area contributed by atoms with Gasteiger partial charge in [-0.15, -0.1) is 0 Å². The highest BCUT2D eigenvalue weighted by Crippen LogP contribution is 2.26. The van der Waals surface area contributed by atoms with Gasteiger partial charge >= 0.3 is 0 Å². The van der Waals surface area contributed by atoms with E-state index < -0.39 is 0 Å². The standard InChI is InChI=1S/C18H17FN4O/c19-13-6-7-17-16(10-13)21-12-23(17)14-4-3-9-22(11-14)18(24)15-5-1-2-8-20-15/h1-2,5-8,10,12,14H,3-4,9,11H2/t14-/m1/s1. The number of carbonyl (C=O) groups excluding carboxylic acids is 1. The topological polar surface area (TPSA) is 51.0 Å². The Bertz CT molecular complexity index is 877. The molecule has 1 saturated heterocycles. The molecular weight excluding hydrogens is 307 g/mol. The second kappa shape index (κ2) is 6.03. The van der Waals surface area contributed by atoms with Crippen molar-refractivity contribution in [1.82, 2.24) is 19.4 Å². The fourth-order valence-electron chi connectivity index (χ4n) is 3.31. The van der Waals surface area contributed by atoms with Crippen molar-refractivity contribution in [2.45, 2.75) is 18.9 Å². The molecule has 0 unspecified atom stereocenters. The number of halogens is 1. The molecule has 4 rings (SSSR count). The number of hydrogen-bond acceptors (Lipinski definition) is 3. The fraction of sp³-hybridized carbons (Fsp3) is 0.278. The van der Waals surface area contributed by atoms with E-state index in [2.05, 4.69) is 9.97 Å². The van der Waals surface area contributed by atoms with Gasteiger partial charge in [-0.2, -0.15) is 0 Å². The quantitative estimate of drug-likeness (QED) is 0.728. The van der Waals surface area contributed by atoms with Crippen LogP contribution in [0.3, 0.4) is 0 Å². The summed E-state index contributed by atoms with van der Waals surface area (Å²) in [6.45, 7) is 1.34. The predicted octanol–water partition coefficient (Wildman–Crippen LogP) is 3.05. The lowest BCUT2D eigenvalue weighted by molar-refractivity contribution is 0.0675. The lowest BCUT2D eigenvalue weighted by atomic mass is 10.0. The summed E-state index contributed by atoms with van der Waals surface area (Å²) in [5, 5.41) is 0. The number of rotatable bonds is 2. The minimum atomic E-state index is -0.289. The molecule has 0 bridgehead atoms. The third-order valence-electron chi connectivity index (χ3n) is 4.50. The maximum absolute atomic E-state index is 13.3. The Balaban J connectivity index is 1.59. The van der Waals surface area contributed by atoms with Gasteiger partial charge in [0.15, 0.2) is 0 Å². The fourth-order valence-corrected chi connectivity index (χ4v) is 3.31. The molecule has 1 atom stereocenters. The van der Waals surface area contributed by atoms with E-state index in [1.54, 1.807) is 30.7 Å². The molecule has 2 aromatic heterocycles. The van der Waals surface area contributed by atoms with Crippen LogP contribution in [-0.4, -0.2) is 38.4 Å². The zero-order valence-electron chi connectivity index (χ0n) is 13.1. The van der Waals surface area contributed by atoms with Gasteiger partial charge in [-0.3, -0.25) is 9.78 Å². The van der Waals surface area contributed by atoms with Gasteiger partial charge in [-0.1, -0.05) is 6.07 Å². The molecule has 1 amide bonds. The first-order valence-electron chi connectivity index (χ1n) is 8.05. The van der Waals surface area contributed by atoms with Gasteiger partial charge in [-0.05, 0) is 37.1 Å². The van der Waals surface area contributed by atoms with Crippen LogP contribution in [0.15, 0.2) is 48.9 Å². The summed E-state index contributed by atoms with van der Waals surface area (Å²) >= 11 is 0. The normalized spacial score (nSPS) is 18.0. The molecule has 0 saturated carbocycles. The zero-order valence-corrected chi connectivity index (χ0v) is 13.1. The van der Waals surface area contributed by atoms with Crippen LogP contribution in [0.4, 0.5) is 4.39 Å². The number of piperidine rings is 1.